The topological polar surface area (TPSA) is 128 Å². The maximum atomic E-state index is 14.1. The van der Waals surface area contributed by atoms with Gasteiger partial charge >= 0.3 is 12.1 Å². The maximum absolute atomic E-state index is 14.1. The van der Waals surface area contributed by atoms with Crippen LogP contribution in [0.4, 0.5) is 24.8 Å². The molecule has 4 rings (SSSR count). The standard InChI is InChI=1S/C29H28F3N5O3/c1-37(2)22-5-3-4-21(15-22)18-10-12-20(13-11-18)26(29(30,31)32)40-25-16-24(35-28(34)36-25)19-8-6-17(7-9-19)14-23(33)27(38)39/h3-13,15-16,23,26H,14,33H2,1-2H3,(H,38,39)(H2,34,35,36)/t23?,26-/m1/s1. The summed E-state index contributed by atoms with van der Waals surface area (Å²) < 4.78 is 47.7. The van der Waals surface area contributed by atoms with Gasteiger partial charge in [0.1, 0.15) is 6.04 Å². The van der Waals surface area contributed by atoms with E-state index in [1.54, 1.807) is 36.4 Å². The summed E-state index contributed by atoms with van der Waals surface area (Å²) in [5, 5.41) is 8.99. The van der Waals surface area contributed by atoms with Gasteiger partial charge in [-0.1, -0.05) is 60.7 Å². The number of rotatable bonds is 9. The maximum Gasteiger partial charge on any atom is 0.429 e. The van der Waals surface area contributed by atoms with Crippen LogP contribution in [0.5, 0.6) is 5.88 Å². The van der Waals surface area contributed by atoms with Gasteiger partial charge in [-0.3, -0.25) is 4.79 Å². The summed E-state index contributed by atoms with van der Waals surface area (Å²) in [6, 6.07) is 20.5. The zero-order valence-electron chi connectivity index (χ0n) is 21.8. The molecule has 0 fully saturated rings. The van der Waals surface area contributed by atoms with Gasteiger partial charge in [-0.25, -0.2) is 4.98 Å². The number of carboxylic acid groups (broad SMARTS) is 1. The number of ether oxygens (including phenoxy) is 1. The van der Waals surface area contributed by atoms with Crippen molar-refractivity contribution < 1.29 is 27.8 Å². The smallest absolute Gasteiger partial charge is 0.429 e. The fraction of sp³-hybridized carbons (Fsp3) is 0.207. The van der Waals surface area contributed by atoms with E-state index in [2.05, 4.69) is 9.97 Å². The quantitative estimate of drug-likeness (QED) is 0.262. The Morgan fingerprint density at radius 2 is 1.60 bits per heavy atom. The highest BCUT2D eigenvalue weighted by Crippen LogP contribution is 2.38. The van der Waals surface area contributed by atoms with Gasteiger partial charge in [0.15, 0.2) is 0 Å². The van der Waals surface area contributed by atoms with E-state index in [1.807, 2.05) is 43.3 Å². The Labute approximate surface area is 229 Å². The Hall–Kier alpha value is -4.64. The number of halogens is 3. The van der Waals surface area contributed by atoms with E-state index in [9.17, 15) is 18.0 Å². The number of aliphatic carboxylic acids is 1. The fourth-order valence-electron chi connectivity index (χ4n) is 4.06. The molecule has 0 saturated heterocycles. The van der Waals surface area contributed by atoms with Gasteiger partial charge in [-0.15, -0.1) is 0 Å². The normalized spacial score (nSPS) is 12.9. The lowest BCUT2D eigenvalue weighted by Gasteiger charge is -2.22. The van der Waals surface area contributed by atoms with E-state index in [1.165, 1.54) is 18.2 Å². The first-order chi connectivity index (χ1) is 18.9. The van der Waals surface area contributed by atoms with E-state index in [0.29, 0.717) is 11.1 Å². The van der Waals surface area contributed by atoms with E-state index in [4.69, 9.17) is 21.3 Å². The number of benzene rings is 3. The summed E-state index contributed by atoms with van der Waals surface area (Å²) >= 11 is 0. The van der Waals surface area contributed by atoms with E-state index < -0.39 is 24.3 Å². The first-order valence-corrected chi connectivity index (χ1v) is 12.2. The number of nitrogens with two attached hydrogens (primary N) is 2. The van der Waals surface area contributed by atoms with Crippen molar-refractivity contribution in [1.29, 1.82) is 0 Å². The zero-order chi connectivity index (χ0) is 29.0. The van der Waals surface area contributed by atoms with Crippen molar-refractivity contribution in [1.82, 2.24) is 9.97 Å². The largest absolute Gasteiger partial charge is 0.480 e. The molecule has 0 bridgehead atoms. The minimum absolute atomic E-state index is 0.0992. The molecule has 0 amide bonds. The van der Waals surface area contributed by atoms with Gasteiger partial charge in [0.25, 0.3) is 0 Å². The number of anilines is 2. The highest BCUT2D eigenvalue weighted by Gasteiger charge is 2.43. The molecule has 8 nitrogen and oxygen atoms in total. The summed E-state index contributed by atoms with van der Waals surface area (Å²) in [4.78, 5) is 20.9. The monoisotopic (exact) mass is 551 g/mol. The lowest BCUT2D eigenvalue weighted by molar-refractivity contribution is -0.198. The number of nitrogens with zero attached hydrogens (tertiary/aromatic N) is 3. The van der Waals surface area contributed by atoms with Crippen LogP contribution in [0.1, 0.15) is 17.2 Å². The van der Waals surface area contributed by atoms with Crippen molar-refractivity contribution in [2.45, 2.75) is 24.7 Å². The molecule has 11 heteroatoms. The predicted octanol–water partition coefficient (Wildman–Crippen LogP) is 5.10. The number of hydrogen-bond donors (Lipinski definition) is 3. The average molecular weight is 552 g/mol. The van der Waals surface area contributed by atoms with Crippen LogP contribution in [-0.2, 0) is 11.2 Å². The number of nitrogen functional groups attached to an aromatic ring is 1. The van der Waals surface area contributed by atoms with Gasteiger partial charge in [-0.2, -0.15) is 18.2 Å². The summed E-state index contributed by atoms with van der Waals surface area (Å²) in [5.41, 5.74) is 15.3. The van der Waals surface area contributed by atoms with Crippen LogP contribution < -0.4 is 21.1 Å². The second-order valence-corrected chi connectivity index (χ2v) is 9.40. The van der Waals surface area contributed by atoms with Gasteiger partial charge in [0, 0.05) is 37.0 Å². The molecule has 0 saturated carbocycles. The van der Waals surface area contributed by atoms with Crippen molar-refractivity contribution in [3.8, 4) is 28.3 Å². The van der Waals surface area contributed by atoms with E-state index >= 15 is 0 Å². The Bertz CT molecular complexity index is 1480. The van der Waals surface area contributed by atoms with Crippen LogP contribution in [0.2, 0.25) is 0 Å². The summed E-state index contributed by atoms with van der Waals surface area (Å²) in [5.74, 6) is -1.73. The Balaban J connectivity index is 1.58. The lowest BCUT2D eigenvalue weighted by atomic mass is 10.0. The van der Waals surface area contributed by atoms with Crippen LogP contribution in [0.15, 0.2) is 78.9 Å². The molecule has 0 aliphatic rings. The molecular formula is C29H28F3N5O3. The molecule has 3 aromatic carbocycles. The molecule has 1 unspecified atom stereocenters. The molecule has 0 aliphatic heterocycles. The van der Waals surface area contributed by atoms with Crippen LogP contribution >= 0.6 is 0 Å². The summed E-state index contributed by atoms with van der Waals surface area (Å²) in [6.45, 7) is 0. The highest BCUT2D eigenvalue weighted by molar-refractivity contribution is 5.73. The third-order valence-electron chi connectivity index (χ3n) is 6.19. The predicted molar refractivity (Wildman–Crippen MR) is 147 cm³/mol. The molecule has 1 aromatic heterocycles. The first-order valence-electron chi connectivity index (χ1n) is 12.2. The third kappa shape index (κ3) is 6.86. The highest BCUT2D eigenvalue weighted by atomic mass is 19.4. The molecule has 5 N–H and O–H groups in total. The molecule has 208 valence electrons. The first kappa shape index (κ1) is 28.4. The van der Waals surface area contributed by atoms with Crippen molar-refractivity contribution in [2.75, 3.05) is 24.7 Å². The molecule has 0 aliphatic carbocycles. The van der Waals surface area contributed by atoms with Gasteiger partial charge in [0.05, 0.1) is 5.69 Å². The minimum atomic E-state index is -4.74. The zero-order valence-corrected chi connectivity index (χ0v) is 21.8. The van der Waals surface area contributed by atoms with E-state index in [0.717, 1.165) is 16.8 Å². The molecular weight excluding hydrogens is 523 g/mol. The number of aromatic nitrogens is 2. The van der Waals surface area contributed by atoms with Crippen LogP contribution in [0.25, 0.3) is 22.4 Å². The van der Waals surface area contributed by atoms with Gasteiger partial charge in [-0.05, 0) is 35.2 Å². The number of alkyl halides is 3. The Morgan fingerprint density at radius 1 is 0.950 bits per heavy atom. The van der Waals surface area contributed by atoms with Gasteiger partial charge in [0.2, 0.25) is 17.9 Å². The molecule has 0 spiro atoms. The van der Waals surface area contributed by atoms with Crippen LogP contribution in [-0.4, -0.2) is 47.4 Å². The van der Waals surface area contributed by atoms with Crippen LogP contribution in [0.3, 0.4) is 0 Å². The van der Waals surface area contributed by atoms with Crippen molar-refractivity contribution >= 4 is 17.6 Å². The minimum Gasteiger partial charge on any atom is -0.480 e. The SMILES string of the molecule is CN(C)c1cccc(-c2ccc([C@@H](Oc3cc(-c4ccc(CC(N)C(=O)O)cc4)nc(N)n3)C(F)(F)F)cc2)c1. The lowest BCUT2D eigenvalue weighted by Crippen LogP contribution is -2.32. The molecule has 40 heavy (non-hydrogen) atoms. The van der Waals surface area contributed by atoms with E-state index in [-0.39, 0.29) is 29.5 Å². The van der Waals surface area contributed by atoms with Crippen molar-refractivity contribution in [2.24, 2.45) is 5.73 Å². The number of hydrogen-bond acceptors (Lipinski definition) is 7. The second kappa shape index (κ2) is 11.6. The molecule has 4 aromatic rings. The van der Waals surface area contributed by atoms with Crippen molar-refractivity contribution in [3.63, 3.8) is 0 Å². The second-order valence-electron chi connectivity index (χ2n) is 9.40. The Kier molecular flexibility index (Phi) is 8.24. The van der Waals surface area contributed by atoms with Gasteiger partial charge < -0.3 is 26.2 Å². The number of carboxylic acids is 1. The number of carbonyl (C=O) groups is 1. The molecule has 1 heterocycles. The molecule has 2 atom stereocenters. The Morgan fingerprint density at radius 3 is 2.20 bits per heavy atom. The summed E-state index contributed by atoms with van der Waals surface area (Å²) in [7, 11) is 3.82. The fourth-order valence-corrected chi connectivity index (χ4v) is 4.06. The van der Waals surface area contributed by atoms with Crippen molar-refractivity contribution in [3.05, 3.63) is 90.0 Å². The van der Waals surface area contributed by atoms with Crippen LogP contribution in [0, 0.1) is 0 Å². The third-order valence-corrected chi connectivity index (χ3v) is 6.19. The average Bonchev–Trinajstić information content (AvgIpc) is 2.91. The summed E-state index contributed by atoms with van der Waals surface area (Å²) in [6.07, 6.45) is -6.92. The molecule has 0 radical (unpaired) electrons.